The highest BCUT2D eigenvalue weighted by molar-refractivity contribution is 5.85. The van der Waals surface area contributed by atoms with Gasteiger partial charge in [0.15, 0.2) is 0 Å². The minimum Gasteiger partial charge on any atom is -0.480 e. The van der Waals surface area contributed by atoms with E-state index in [4.69, 9.17) is 5.11 Å². The summed E-state index contributed by atoms with van der Waals surface area (Å²) >= 11 is 0. The molecule has 0 aromatic heterocycles. The number of carbonyl (C=O) groups is 1. The number of piperidine rings is 1. The van der Waals surface area contributed by atoms with Gasteiger partial charge >= 0.3 is 5.97 Å². The van der Waals surface area contributed by atoms with Crippen molar-refractivity contribution in [1.82, 2.24) is 10.2 Å². The molecule has 1 rings (SSSR count). The molecule has 0 spiro atoms. The van der Waals surface area contributed by atoms with Gasteiger partial charge in [0.05, 0.1) is 6.54 Å². The van der Waals surface area contributed by atoms with E-state index < -0.39 is 5.97 Å². The van der Waals surface area contributed by atoms with Crippen molar-refractivity contribution < 1.29 is 9.90 Å². The van der Waals surface area contributed by atoms with Crippen LogP contribution in [0, 0.1) is 0 Å². The van der Waals surface area contributed by atoms with Gasteiger partial charge in [0.25, 0.3) is 0 Å². The molecule has 0 unspecified atom stereocenters. The van der Waals surface area contributed by atoms with Gasteiger partial charge in [-0.05, 0) is 33.0 Å². The second kappa shape index (κ2) is 6.18. The molecule has 1 saturated heterocycles. The van der Waals surface area contributed by atoms with Crippen LogP contribution in [-0.4, -0.2) is 48.7 Å². The molecule has 2 N–H and O–H groups in total. The molecule has 1 aliphatic heterocycles. The van der Waals surface area contributed by atoms with Crippen LogP contribution in [0.3, 0.4) is 0 Å². The van der Waals surface area contributed by atoms with Crippen LogP contribution in [-0.2, 0) is 4.79 Å². The number of carboxylic acid groups (broad SMARTS) is 1. The second-order valence-corrected chi connectivity index (χ2v) is 3.35. The van der Waals surface area contributed by atoms with Gasteiger partial charge in [0.1, 0.15) is 0 Å². The molecule has 5 heteroatoms. The number of hydrogen-bond donors (Lipinski definition) is 2. The average molecular weight is 209 g/mol. The van der Waals surface area contributed by atoms with Crippen LogP contribution in [0.4, 0.5) is 0 Å². The van der Waals surface area contributed by atoms with Crippen LogP contribution in [0.2, 0.25) is 0 Å². The fourth-order valence-electron chi connectivity index (χ4n) is 1.44. The number of halogens is 1. The maximum absolute atomic E-state index is 10.2. The van der Waals surface area contributed by atoms with Crippen molar-refractivity contribution in [2.45, 2.75) is 18.9 Å². The Morgan fingerprint density at radius 3 is 2.54 bits per heavy atom. The van der Waals surface area contributed by atoms with Gasteiger partial charge in [-0.3, -0.25) is 4.79 Å². The molecule has 0 aromatic rings. The first-order chi connectivity index (χ1) is 5.68. The van der Waals surface area contributed by atoms with Crippen LogP contribution in [0.1, 0.15) is 12.8 Å². The predicted octanol–water partition coefficient (Wildman–Crippen LogP) is 0.177. The topological polar surface area (TPSA) is 52.6 Å². The highest BCUT2D eigenvalue weighted by atomic mass is 35.5. The predicted molar refractivity (Wildman–Crippen MR) is 53.4 cm³/mol. The number of likely N-dealkylation sites (tertiary alicyclic amines) is 1. The van der Waals surface area contributed by atoms with E-state index in [2.05, 4.69) is 17.3 Å². The van der Waals surface area contributed by atoms with Gasteiger partial charge in [-0.1, -0.05) is 0 Å². The van der Waals surface area contributed by atoms with Crippen molar-refractivity contribution in [2.75, 3.05) is 26.7 Å². The molecule has 0 radical (unpaired) electrons. The van der Waals surface area contributed by atoms with Crippen LogP contribution in [0.15, 0.2) is 0 Å². The molecule has 0 bridgehead atoms. The van der Waals surface area contributed by atoms with Crippen LogP contribution in [0.25, 0.3) is 0 Å². The van der Waals surface area contributed by atoms with Crippen molar-refractivity contribution in [3.05, 3.63) is 0 Å². The number of aliphatic carboxylic acids is 1. The van der Waals surface area contributed by atoms with Gasteiger partial charge in [-0.15, -0.1) is 12.4 Å². The molecule has 0 aliphatic carbocycles. The van der Waals surface area contributed by atoms with Gasteiger partial charge in [0, 0.05) is 6.04 Å². The molecule has 0 aromatic carbocycles. The van der Waals surface area contributed by atoms with E-state index in [1.165, 1.54) is 0 Å². The van der Waals surface area contributed by atoms with Crippen molar-refractivity contribution in [3.63, 3.8) is 0 Å². The maximum Gasteiger partial charge on any atom is 0.317 e. The van der Waals surface area contributed by atoms with Crippen LogP contribution in [0.5, 0.6) is 0 Å². The molecular weight excluding hydrogens is 192 g/mol. The molecule has 78 valence electrons. The first-order valence-electron chi connectivity index (χ1n) is 4.32. The first kappa shape index (κ1) is 12.7. The average Bonchev–Trinajstić information content (AvgIpc) is 2.03. The number of nitrogens with one attached hydrogen (secondary N) is 1. The third kappa shape index (κ3) is 5.08. The van der Waals surface area contributed by atoms with E-state index in [1.54, 1.807) is 0 Å². The molecular formula is C8H17ClN2O2. The smallest absolute Gasteiger partial charge is 0.317 e. The summed E-state index contributed by atoms with van der Waals surface area (Å²) in [4.78, 5) is 12.5. The Hall–Kier alpha value is -0.320. The Balaban J connectivity index is 0.00000144. The van der Waals surface area contributed by atoms with Crippen molar-refractivity contribution in [2.24, 2.45) is 0 Å². The first-order valence-corrected chi connectivity index (χ1v) is 4.32. The molecule has 0 amide bonds. The van der Waals surface area contributed by atoms with Crippen LogP contribution < -0.4 is 5.32 Å². The Labute approximate surface area is 84.7 Å². The summed E-state index contributed by atoms with van der Waals surface area (Å²) in [6.07, 6.45) is 2.12. The van der Waals surface area contributed by atoms with Gasteiger partial charge in [-0.2, -0.15) is 0 Å². The summed E-state index contributed by atoms with van der Waals surface area (Å²) < 4.78 is 0. The Bertz CT molecular complexity index is 158. The third-order valence-electron chi connectivity index (χ3n) is 2.26. The quantitative estimate of drug-likeness (QED) is 0.695. The monoisotopic (exact) mass is 208 g/mol. The van der Waals surface area contributed by atoms with Gasteiger partial charge < -0.3 is 15.3 Å². The minimum absolute atomic E-state index is 0. The normalized spacial score (nSPS) is 19.5. The Morgan fingerprint density at radius 2 is 2.08 bits per heavy atom. The summed E-state index contributed by atoms with van der Waals surface area (Å²) in [5.41, 5.74) is 0. The highest BCUT2D eigenvalue weighted by Gasteiger charge is 2.16. The van der Waals surface area contributed by atoms with E-state index in [1.807, 2.05) is 0 Å². The molecule has 1 aliphatic rings. The van der Waals surface area contributed by atoms with Crippen molar-refractivity contribution >= 4 is 18.4 Å². The summed E-state index contributed by atoms with van der Waals surface area (Å²) in [5.74, 6) is -0.770. The molecule has 4 nitrogen and oxygen atoms in total. The van der Waals surface area contributed by atoms with Crippen molar-refractivity contribution in [1.29, 1.82) is 0 Å². The minimum atomic E-state index is -0.770. The van der Waals surface area contributed by atoms with Gasteiger partial charge in [0.2, 0.25) is 0 Å². The lowest BCUT2D eigenvalue weighted by atomic mass is 10.1. The highest BCUT2D eigenvalue weighted by Crippen LogP contribution is 2.07. The van der Waals surface area contributed by atoms with Crippen LogP contribution >= 0.6 is 12.4 Å². The summed E-state index contributed by atoms with van der Waals surface area (Å²) in [6, 6.07) is 0.400. The number of carboxylic acids is 1. The Kier molecular flexibility index (Phi) is 6.03. The SMILES string of the molecule is CN1CCC(NCC(=O)O)CC1.Cl. The zero-order valence-corrected chi connectivity index (χ0v) is 8.64. The van der Waals surface area contributed by atoms with E-state index in [-0.39, 0.29) is 19.0 Å². The largest absolute Gasteiger partial charge is 0.480 e. The van der Waals surface area contributed by atoms with Gasteiger partial charge in [-0.25, -0.2) is 0 Å². The number of rotatable bonds is 3. The zero-order valence-electron chi connectivity index (χ0n) is 7.82. The zero-order chi connectivity index (χ0) is 8.97. The number of hydrogen-bond acceptors (Lipinski definition) is 3. The molecule has 1 fully saturated rings. The number of nitrogens with zero attached hydrogens (tertiary/aromatic N) is 1. The molecule has 1 heterocycles. The lowest BCUT2D eigenvalue weighted by Gasteiger charge is -2.29. The second-order valence-electron chi connectivity index (χ2n) is 3.35. The maximum atomic E-state index is 10.2. The summed E-state index contributed by atoms with van der Waals surface area (Å²) in [5, 5.41) is 11.4. The molecule has 0 saturated carbocycles. The fraction of sp³-hybridized carbons (Fsp3) is 0.875. The fourth-order valence-corrected chi connectivity index (χ4v) is 1.44. The summed E-state index contributed by atoms with van der Waals surface area (Å²) in [6.45, 7) is 2.23. The van der Waals surface area contributed by atoms with E-state index >= 15 is 0 Å². The molecule has 13 heavy (non-hydrogen) atoms. The van der Waals surface area contributed by atoms with E-state index in [0.717, 1.165) is 25.9 Å². The Morgan fingerprint density at radius 1 is 1.54 bits per heavy atom. The molecule has 0 atom stereocenters. The third-order valence-corrected chi connectivity index (χ3v) is 2.26. The lowest BCUT2D eigenvalue weighted by molar-refractivity contribution is -0.136. The van der Waals surface area contributed by atoms with Crippen molar-refractivity contribution in [3.8, 4) is 0 Å². The standard InChI is InChI=1S/C8H16N2O2.ClH/c1-10-4-2-7(3-5-10)9-6-8(11)12;/h7,9H,2-6H2,1H3,(H,11,12);1H. The summed E-state index contributed by atoms with van der Waals surface area (Å²) in [7, 11) is 2.09. The van der Waals surface area contributed by atoms with E-state index in [0.29, 0.717) is 6.04 Å². The lowest BCUT2D eigenvalue weighted by Crippen LogP contribution is -2.42. The van der Waals surface area contributed by atoms with E-state index in [9.17, 15) is 4.79 Å².